The van der Waals surface area contributed by atoms with Crippen LogP contribution in [0.3, 0.4) is 0 Å². The third-order valence-electron chi connectivity index (χ3n) is 1.38. The molecule has 0 aromatic carbocycles. The van der Waals surface area contributed by atoms with Crippen molar-refractivity contribution in [3.05, 3.63) is 30.7 Å². The maximum Gasteiger partial charge on any atom is 0.214 e. The molecule has 0 saturated carbocycles. The molecule has 1 N–H and O–H groups in total. The SMILES string of the molecule is Oc1ccnc(-c2ccco2)n1. The van der Waals surface area contributed by atoms with E-state index >= 15 is 0 Å². The van der Waals surface area contributed by atoms with Gasteiger partial charge >= 0.3 is 0 Å². The van der Waals surface area contributed by atoms with E-state index in [4.69, 9.17) is 9.52 Å². The van der Waals surface area contributed by atoms with Gasteiger partial charge in [0.1, 0.15) is 0 Å². The number of furan rings is 1. The van der Waals surface area contributed by atoms with Crippen molar-refractivity contribution in [1.29, 1.82) is 0 Å². The minimum absolute atomic E-state index is 0.0589. The lowest BCUT2D eigenvalue weighted by atomic mass is 10.4. The highest BCUT2D eigenvalue weighted by molar-refractivity contribution is 5.46. The number of aromatic nitrogens is 2. The Bertz CT molecular complexity index is 370. The van der Waals surface area contributed by atoms with Crippen LogP contribution >= 0.6 is 0 Å². The zero-order valence-electron chi connectivity index (χ0n) is 6.14. The lowest BCUT2D eigenvalue weighted by Gasteiger charge is -1.93. The van der Waals surface area contributed by atoms with E-state index < -0.39 is 0 Å². The van der Waals surface area contributed by atoms with Crippen molar-refractivity contribution in [3.8, 4) is 17.5 Å². The van der Waals surface area contributed by atoms with Crippen molar-refractivity contribution in [2.45, 2.75) is 0 Å². The molecular weight excluding hydrogens is 156 g/mol. The molecular formula is C8H6N2O2. The second-order valence-electron chi connectivity index (χ2n) is 2.22. The molecule has 2 aromatic rings. The summed E-state index contributed by atoms with van der Waals surface area (Å²) in [7, 11) is 0. The molecule has 0 amide bonds. The molecule has 0 aliphatic carbocycles. The second-order valence-corrected chi connectivity index (χ2v) is 2.22. The average molecular weight is 162 g/mol. The molecule has 0 aliphatic heterocycles. The molecule has 0 saturated heterocycles. The quantitative estimate of drug-likeness (QED) is 0.689. The molecule has 0 spiro atoms. The van der Waals surface area contributed by atoms with Crippen molar-refractivity contribution in [2.75, 3.05) is 0 Å². The summed E-state index contributed by atoms with van der Waals surface area (Å²) >= 11 is 0. The van der Waals surface area contributed by atoms with Crippen molar-refractivity contribution in [2.24, 2.45) is 0 Å². The van der Waals surface area contributed by atoms with Crippen LogP contribution in [0.4, 0.5) is 0 Å². The number of aromatic hydroxyl groups is 1. The molecule has 2 heterocycles. The summed E-state index contributed by atoms with van der Waals surface area (Å²) in [6, 6.07) is 4.88. The first kappa shape index (κ1) is 6.84. The van der Waals surface area contributed by atoms with Gasteiger partial charge in [-0.3, -0.25) is 0 Å². The lowest BCUT2D eigenvalue weighted by molar-refractivity contribution is 0.451. The van der Waals surface area contributed by atoms with Crippen LogP contribution in [0.2, 0.25) is 0 Å². The summed E-state index contributed by atoms with van der Waals surface area (Å²) < 4.78 is 5.04. The molecule has 0 fully saturated rings. The van der Waals surface area contributed by atoms with Crippen LogP contribution in [0, 0.1) is 0 Å². The second kappa shape index (κ2) is 2.65. The summed E-state index contributed by atoms with van der Waals surface area (Å²) in [5.41, 5.74) is 0. The standard InChI is InChI=1S/C8H6N2O2/c11-7-3-4-9-8(10-7)6-2-1-5-12-6/h1-5H,(H,9,10,11). The summed E-state index contributed by atoms with van der Waals surface area (Å²) in [6.07, 6.45) is 3.00. The van der Waals surface area contributed by atoms with Gasteiger partial charge in [-0.2, -0.15) is 4.98 Å². The van der Waals surface area contributed by atoms with E-state index in [-0.39, 0.29) is 5.88 Å². The van der Waals surface area contributed by atoms with Gasteiger partial charge in [0.05, 0.1) is 6.26 Å². The minimum Gasteiger partial charge on any atom is -0.493 e. The zero-order valence-corrected chi connectivity index (χ0v) is 6.14. The van der Waals surface area contributed by atoms with Crippen molar-refractivity contribution >= 4 is 0 Å². The van der Waals surface area contributed by atoms with E-state index in [2.05, 4.69) is 9.97 Å². The van der Waals surface area contributed by atoms with Crippen LogP contribution in [-0.2, 0) is 0 Å². The third kappa shape index (κ3) is 1.14. The van der Waals surface area contributed by atoms with Gasteiger partial charge in [-0.1, -0.05) is 0 Å². The van der Waals surface area contributed by atoms with Crippen molar-refractivity contribution in [3.63, 3.8) is 0 Å². The highest BCUT2D eigenvalue weighted by atomic mass is 16.3. The number of hydrogen-bond donors (Lipinski definition) is 1. The molecule has 12 heavy (non-hydrogen) atoms. The number of hydrogen-bond acceptors (Lipinski definition) is 4. The fraction of sp³-hybridized carbons (Fsp3) is 0. The maximum atomic E-state index is 9.02. The van der Waals surface area contributed by atoms with Crippen LogP contribution < -0.4 is 0 Å². The Kier molecular flexibility index (Phi) is 1.51. The van der Waals surface area contributed by atoms with E-state index in [9.17, 15) is 0 Å². The average Bonchev–Trinajstić information content (AvgIpc) is 2.56. The van der Waals surface area contributed by atoms with Crippen molar-refractivity contribution in [1.82, 2.24) is 9.97 Å². The summed E-state index contributed by atoms with van der Waals surface area (Å²) in [5.74, 6) is 0.877. The van der Waals surface area contributed by atoms with Gasteiger partial charge in [0.2, 0.25) is 5.88 Å². The Morgan fingerprint density at radius 3 is 2.92 bits per heavy atom. The van der Waals surface area contributed by atoms with Crippen LogP contribution in [0.15, 0.2) is 35.1 Å². The highest BCUT2D eigenvalue weighted by Gasteiger charge is 2.03. The van der Waals surface area contributed by atoms with Gasteiger partial charge in [0.15, 0.2) is 11.6 Å². The van der Waals surface area contributed by atoms with E-state index in [1.54, 1.807) is 12.1 Å². The predicted octanol–water partition coefficient (Wildman–Crippen LogP) is 1.44. The Morgan fingerprint density at radius 1 is 1.33 bits per heavy atom. The van der Waals surface area contributed by atoms with Gasteiger partial charge in [-0.05, 0) is 12.1 Å². The third-order valence-corrected chi connectivity index (χ3v) is 1.38. The first-order chi connectivity index (χ1) is 5.86. The molecule has 0 bridgehead atoms. The first-order valence-electron chi connectivity index (χ1n) is 3.42. The first-order valence-corrected chi connectivity index (χ1v) is 3.42. The van der Waals surface area contributed by atoms with Gasteiger partial charge in [-0.25, -0.2) is 4.98 Å². The molecule has 0 atom stereocenters. The highest BCUT2D eigenvalue weighted by Crippen LogP contribution is 2.15. The topological polar surface area (TPSA) is 59.2 Å². The molecule has 0 radical (unpaired) electrons. The Morgan fingerprint density at radius 2 is 2.25 bits per heavy atom. The summed E-state index contributed by atoms with van der Waals surface area (Å²) in [5, 5.41) is 9.02. The maximum absolute atomic E-state index is 9.02. The van der Waals surface area contributed by atoms with Gasteiger partial charge in [-0.15, -0.1) is 0 Å². The summed E-state index contributed by atoms with van der Waals surface area (Å²) in [4.78, 5) is 7.68. The normalized spacial score (nSPS) is 10.0. The molecule has 60 valence electrons. The van der Waals surface area contributed by atoms with Crippen LogP contribution in [0.1, 0.15) is 0 Å². The van der Waals surface area contributed by atoms with Gasteiger partial charge < -0.3 is 9.52 Å². The zero-order chi connectivity index (χ0) is 8.39. The fourth-order valence-corrected chi connectivity index (χ4v) is 0.874. The monoisotopic (exact) mass is 162 g/mol. The molecule has 4 heteroatoms. The molecule has 0 unspecified atom stereocenters. The van der Waals surface area contributed by atoms with Gasteiger partial charge in [0, 0.05) is 12.3 Å². The van der Waals surface area contributed by atoms with Crippen LogP contribution in [-0.4, -0.2) is 15.1 Å². The van der Waals surface area contributed by atoms with E-state index in [1.807, 2.05) is 0 Å². The van der Waals surface area contributed by atoms with Crippen molar-refractivity contribution < 1.29 is 9.52 Å². The Labute approximate surface area is 68.5 Å². The smallest absolute Gasteiger partial charge is 0.214 e. The van der Waals surface area contributed by atoms with Crippen LogP contribution in [0.5, 0.6) is 5.88 Å². The molecule has 2 rings (SSSR count). The largest absolute Gasteiger partial charge is 0.493 e. The summed E-state index contributed by atoms with van der Waals surface area (Å²) in [6.45, 7) is 0. The molecule has 2 aromatic heterocycles. The van der Waals surface area contributed by atoms with Crippen LogP contribution in [0.25, 0.3) is 11.6 Å². The molecule has 0 aliphatic rings. The lowest BCUT2D eigenvalue weighted by Crippen LogP contribution is -1.84. The van der Waals surface area contributed by atoms with Gasteiger partial charge in [0.25, 0.3) is 0 Å². The van der Waals surface area contributed by atoms with E-state index in [1.165, 1.54) is 18.5 Å². The Balaban J connectivity index is 2.48. The predicted molar refractivity (Wildman–Crippen MR) is 41.4 cm³/mol. The minimum atomic E-state index is -0.0589. The Hall–Kier alpha value is -1.84. The number of rotatable bonds is 1. The fourth-order valence-electron chi connectivity index (χ4n) is 0.874. The number of nitrogens with zero attached hydrogens (tertiary/aromatic N) is 2. The molecule has 4 nitrogen and oxygen atoms in total. The van der Waals surface area contributed by atoms with E-state index in [0.717, 1.165) is 0 Å². The van der Waals surface area contributed by atoms with E-state index in [0.29, 0.717) is 11.6 Å².